The quantitative estimate of drug-likeness (QED) is 0.113. The van der Waals surface area contributed by atoms with E-state index in [1.54, 1.807) is 0 Å². The molecule has 13 heteroatoms. The third-order valence-corrected chi connectivity index (χ3v) is 3.52. The standard InChI is InChI=1S/C20H40N2O11/c21-1-3-26-5-7-28-9-11-30-13-15-32-16-14-31-12-10-29-8-6-27-4-2-22-19(23)17-33-18-20(24)25/h1-18,21H2,(H,22,23)(H,24,25). The summed E-state index contributed by atoms with van der Waals surface area (Å²) >= 11 is 0. The number of hydrogen-bond acceptors (Lipinski definition) is 11. The first-order valence-corrected chi connectivity index (χ1v) is 11.0. The Morgan fingerprint density at radius 3 is 1.27 bits per heavy atom. The van der Waals surface area contributed by atoms with Gasteiger partial charge in [0.2, 0.25) is 5.91 Å². The average Bonchev–Trinajstić information content (AvgIpc) is 2.79. The van der Waals surface area contributed by atoms with Crippen molar-refractivity contribution in [3.05, 3.63) is 0 Å². The maximum atomic E-state index is 11.3. The van der Waals surface area contributed by atoms with E-state index in [1.807, 2.05) is 0 Å². The summed E-state index contributed by atoms with van der Waals surface area (Å²) in [6.07, 6.45) is 0. The molecule has 0 bridgehead atoms. The summed E-state index contributed by atoms with van der Waals surface area (Å²) in [7, 11) is 0. The Balaban J connectivity index is 3.09. The lowest BCUT2D eigenvalue weighted by Gasteiger charge is -2.09. The molecule has 0 aliphatic heterocycles. The first-order chi connectivity index (χ1) is 16.2. The predicted molar refractivity (Wildman–Crippen MR) is 116 cm³/mol. The minimum atomic E-state index is -1.12. The van der Waals surface area contributed by atoms with Crippen molar-refractivity contribution in [3.63, 3.8) is 0 Å². The van der Waals surface area contributed by atoms with E-state index in [1.165, 1.54) is 0 Å². The van der Waals surface area contributed by atoms with E-state index in [0.29, 0.717) is 106 Å². The van der Waals surface area contributed by atoms with Crippen LogP contribution in [0.1, 0.15) is 0 Å². The molecule has 0 saturated carbocycles. The van der Waals surface area contributed by atoms with Crippen LogP contribution in [0.15, 0.2) is 0 Å². The number of amides is 1. The summed E-state index contributed by atoms with van der Waals surface area (Å²) in [5.41, 5.74) is 5.30. The fourth-order valence-electron chi connectivity index (χ4n) is 2.05. The second-order valence-corrected chi connectivity index (χ2v) is 6.31. The number of nitrogens with two attached hydrogens (primary N) is 1. The van der Waals surface area contributed by atoms with Gasteiger partial charge in [0.05, 0.1) is 92.5 Å². The highest BCUT2D eigenvalue weighted by atomic mass is 16.6. The highest BCUT2D eigenvalue weighted by Gasteiger charge is 2.03. The molecule has 13 nitrogen and oxygen atoms in total. The van der Waals surface area contributed by atoms with Crippen LogP contribution in [-0.4, -0.2) is 136 Å². The third-order valence-electron chi connectivity index (χ3n) is 3.52. The van der Waals surface area contributed by atoms with Crippen molar-refractivity contribution >= 4 is 11.9 Å². The summed E-state index contributed by atoms with van der Waals surface area (Å²) in [5.74, 6) is -1.51. The maximum Gasteiger partial charge on any atom is 0.329 e. The van der Waals surface area contributed by atoms with Gasteiger partial charge in [-0.2, -0.15) is 0 Å². The van der Waals surface area contributed by atoms with Crippen LogP contribution in [0.2, 0.25) is 0 Å². The second-order valence-electron chi connectivity index (χ2n) is 6.31. The number of carbonyl (C=O) groups excluding carboxylic acids is 1. The van der Waals surface area contributed by atoms with Crippen molar-refractivity contribution in [2.24, 2.45) is 5.73 Å². The highest BCUT2D eigenvalue weighted by Crippen LogP contribution is 1.85. The van der Waals surface area contributed by atoms with Crippen molar-refractivity contribution in [1.82, 2.24) is 5.32 Å². The number of nitrogens with one attached hydrogen (secondary N) is 1. The van der Waals surface area contributed by atoms with E-state index in [-0.39, 0.29) is 6.61 Å². The number of ether oxygens (including phenoxy) is 8. The molecule has 33 heavy (non-hydrogen) atoms. The molecular weight excluding hydrogens is 444 g/mol. The molecule has 0 saturated heterocycles. The van der Waals surface area contributed by atoms with Crippen LogP contribution in [0.4, 0.5) is 0 Å². The molecule has 1 amide bonds. The van der Waals surface area contributed by atoms with E-state index in [2.05, 4.69) is 10.1 Å². The van der Waals surface area contributed by atoms with Gasteiger partial charge >= 0.3 is 5.97 Å². The number of rotatable bonds is 27. The lowest BCUT2D eigenvalue weighted by Crippen LogP contribution is -2.31. The van der Waals surface area contributed by atoms with E-state index < -0.39 is 18.5 Å². The fourth-order valence-corrected chi connectivity index (χ4v) is 2.05. The molecule has 196 valence electrons. The van der Waals surface area contributed by atoms with Gasteiger partial charge in [-0.05, 0) is 0 Å². The molecule has 0 aliphatic rings. The van der Waals surface area contributed by atoms with Gasteiger partial charge in [0.25, 0.3) is 0 Å². The zero-order valence-corrected chi connectivity index (χ0v) is 19.3. The topological polar surface area (TPSA) is 166 Å². The summed E-state index contributed by atoms with van der Waals surface area (Å²) in [6.45, 7) is 6.64. The molecule has 0 aromatic rings. The molecule has 0 aliphatic carbocycles. The van der Waals surface area contributed by atoms with Crippen molar-refractivity contribution in [3.8, 4) is 0 Å². The number of carbonyl (C=O) groups is 2. The van der Waals surface area contributed by atoms with Crippen molar-refractivity contribution in [2.75, 3.05) is 119 Å². The number of aliphatic carboxylic acids is 1. The lowest BCUT2D eigenvalue weighted by molar-refractivity contribution is -0.143. The number of carboxylic acids is 1. The lowest BCUT2D eigenvalue weighted by atomic mass is 10.6. The van der Waals surface area contributed by atoms with Gasteiger partial charge in [-0.15, -0.1) is 0 Å². The van der Waals surface area contributed by atoms with Crippen LogP contribution < -0.4 is 11.1 Å². The Morgan fingerprint density at radius 1 is 0.545 bits per heavy atom. The summed E-state index contributed by atoms with van der Waals surface area (Å²) in [6, 6.07) is 0. The zero-order chi connectivity index (χ0) is 24.2. The van der Waals surface area contributed by atoms with E-state index in [0.717, 1.165) is 0 Å². The van der Waals surface area contributed by atoms with Crippen molar-refractivity contribution < 1.29 is 52.6 Å². The fraction of sp³-hybridized carbons (Fsp3) is 0.900. The number of carboxylic acid groups (broad SMARTS) is 1. The van der Waals surface area contributed by atoms with Crippen LogP contribution in [0.3, 0.4) is 0 Å². The number of hydrogen-bond donors (Lipinski definition) is 3. The Bertz CT molecular complexity index is 444. The van der Waals surface area contributed by atoms with E-state index >= 15 is 0 Å². The van der Waals surface area contributed by atoms with Gasteiger partial charge in [0.15, 0.2) is 0 Å². The zero-order valence-electron chi connectivity index (χ0n) is 19.3. The molecule has 0 aromatic carbocycles. The first-order valence-electron chi connectivity index (χ1n) is 11.0. The van der Waals surface area contributed by atoms with Gasteiger partial charge < -0.3 is 54.1 Å². The smallest absolute Gasteiger partial charge is 0.329 e. The predicted octanol–water partition coefficient (Wildman–Crippen LogP) is -1.72. The van der Waals surface area contributed by atoms with Crippen molar-refractivity contribution in [2.45, 2.75) is 0 Å². The van der Waals surface area contributed by atoms with Gasteiger partial charge in [-0.3, -0.25) is 4.79 Å². The van der Waals surface area contributed by atoms with Gasteiger partial charge in [0, 0.05) is 13.1 Å². The Labute approximate surface area is 195 Å². The molecule has 0 unspecified atom stereocenters. The van der Waals surface area contributed by atoms with Crippen LogP contribution in [0.25, 0.3) is 0 Å². The van der Waals surface area contributed by atoms with Crippen LogP contribution in [0, 0.1) is 0 Å². The molecule has 0 spiro atoms. The molecular formula is C20H40N2O11. The van der Waals surface area contributed by atoms with Crippen molar-refractivity contribution in [1.29, 1.82) is 0 Å². The van der Waals surface area contributed by atoms with Crippen LogP contribution in [-0.2, 0) is 47.5 Å². The Kier molecular flexibility index (Phi) is 25.7. The monoisotopic (exact) mass is 484 g/mol. The van der Waals surface area contributed by atoms with E-state index in [4.69, 9.17) is 44.0 Å². The normalized spacial score (nSPS) is 11.1. The minimum absolute atomic E-state index is 0.295. The molecule has 0 heterocycles. The summed E-state index contributed by atoms with van der Waals surface area (Å²) in [4.78, 5) is 21.5. The third kappa shape index (κ3) is 28.5. The summed E-state index contributed by atoms with van der Waals surface area (Å²) < 4.78 is 42.0. The van der Waals surface area contributed by atoms with Gasteiger partial charge in [-0.1, -0.05) is 0 Å². The SMILES string of the molecule is NCCOCCOCCOCCOCCOCCOCCOCCNC(=O)COCC(=O)O. The largest absolute Gasteiger partial charge is 0.480 e. The molecule has 0 radical (unpaired) electrons. The molecule has 4 N–H and O–H groups in total. The molecule has 0 aromatic heterocycles. The van der Waals surface area contributed by atoms with Crippen LogP contribution >= 0.6 is 0 Å². The van der Waals surface area contributed by atoms with Gasteiger partial charge in [0.1, 0.15) is 13.2 Å². The molecule has 0 fully saturated rings. The maximum absolute atomic E-state index is 11.3. The molecule has 0 atom stereocenters. The summed E-state index contributed by atoms with van der Waals surface area (Å²) in [5, 5.41) is 10.9. The Hall–Kier alpha value is -1.42. The van der Waals surface area contributed by atoms with Gasteiger partial charge in [-0.25, -0.2) is 4.79 Å². The minimum Gasteiger partial charge on any atom is -0.480 e. The second kappa shape index (κ2) is 26.8. The first kappa shape index (κ1) is 31.6. The highest BCUT2D eigenvalue weighted by molar-refractivity contribution is 5.77. The Morgan fingerprint density at radius 2 is 0.909 bits per heavy atom. The molecule has 0 rings (SSSR count). The van der Waals surface area contributed by atoms with Crippen LogP contribution in [0.5, 0.6) is 0 Å². The van der Waals surface area contributed by atoms with E-state index in [9.17, 15) is 9.59 Å². The average molecular weight is 485 g/mol.